The Kier molecular flexibility index (Phi) is 3.82. The van der Waals surface area contributed by atoms with Crippen molar-refractivity contribution in [1.29, 1.82) is 0 Å². The lowest BCUT2D eigenvalue weighted by molar-refractivity contribution is 0.610. The van der Waals surface area contributed by atoms with Gasteiger partial charge in [-0.05, 0) is 42.7 Å². The molecule has 3 N–H and O–H groups in total. The van der Waals surface area contributed by atoms with Gasteiger partial charge in [0, 0.05) is 6.54 Å². The van der Waals surface area contributed by atoms with E-state index in [1.165, 1.54) is 6.07 Å². The van der Waals surface area contributed by atoms with Crippen molar-refractivity contribution in [3.8, 4) is 0 Å². The van der Waals surface area contributed by atoms with Crippen LogP contribution < -0.4 is 11.1 Å². The number of aryl methyl sites for hydroxylation is 1. The summed E-state index contributed by atoms with van der Waals surface area (Å²) in [6, 6.07) is 12.7. The van der Waals surface area contributed by atoms with Crippen LogP contribution >= 0.6 is 0 Å². The quantitative estimate of drug-likeness (QED) is 0.809. The van der Waals surface area contributed by atoms with E-state index < -0.39 is 0 Å². The molecule has 0 aliphatic rings. The number of hydrogen-bond acceptors (Lipinski definition) is 2. The van der Waals surface area contributed by atoms with Crippen molar-refractivity contribution in [2.75, 3.05) is 17.6 Å². The smallest absolute Gasteiger partial charge is 0.126 e. The van der Waals surface area contributed by atoms with Crippen LogP contribution in [0.1, 0.15) is 11.1 Å². The molecular formula is C15H17FN2. The van der Waals surface area contributed by atoms with Gasteiger partial charge in [-0.25, -0.2) is 4.39 Å². The van der Waals surface area contributed by atoms with Crippen molar-refractivity contribution in [3.05, 3.63) is 59.4 Å². The van der Waals surface area contributed by atoms with Crippen LogP contribution in [0.15, 0.2) is 42.5 Å². The van der Waals surface area contributed by atoms with E-state index in [1.54, 1.807) is 12.1 Å². The zero-order valence-electron chi connectivity index (χ0n) is 10.4. The van der Waals surface area contributed by atoms with Gasteiger partial charge in [0.1, 0.15) is 5.82 Å². The molecule has 2 rings (SSSR count). The SMILES string of the molecule is Cc1ccc(N)c(NCCc2ccccc2F)c1. The fourth-order valence-corrected chi connectivity index (χ4v) is 1.86. The van der Waals surface area contributed by atoms with Gasteiger partial charge >= 0.3 is 0 Å². The zero-order valence-corrected chi connectivity index (χ0v) is 10.4. The standard InChI is InChI=1S/C15H17FN2/c1-11-6-7-14(17)15(10-11)18-9-8-12-4-2-3-5-13(12)16/h2-7,10,18H,8-9,17H2,1H3. The fraction of sp³-hybridized carbons (Fsp3) is 0.200. The number of nitrogen functional groups attached to an aromatic ring is 1. The van der Waals surface area contributed by atoms with Gasteiger partial charge in [0.25, 0.3) is 0 Å². The van der Waals surface area contributed by atoms with Crippen molar-refractivity contribution in [2.45, 2.75) is 13.3 Å². The second-order valence-corrected chi connectivity index (χ2v) is 4.36. The third kappa shape index (κ3) is 3.00. The molecule has 2 aromatic carbocycles. The second kappa shape index (κ2) is 5.54. The maximum Gasteiger partial charge on any atom is 0.126 e. The Balaban J connectivity index is 1.96. The first-order valence-electron chi connectivity index (χ1n) is 6.00. The van der Waals surface area contributed by atoms with E-state index in [0.717, 1.165) is 16.8 Å². The third-order valence-corrected chi connectivity index (χ3v) is 2.88. The van der Waals surface area contributed by atoms with Crippen LogP contribution in [-0.2, 0) is 6.42 Å². The Labute approximate surface area is 107 Å². The normalized spacial score (nSPS) is 10.3. The average Bonchev–Trinajstić information content (AvgIpc) is 2.36. The molecule has 0 aromatic heterocycles. The first-order chi connectivity index (χ1) is 8.66. The summed E-state index contributed by atoms with van der Waals surface area (Å²) in [7, 11) is 0. The minimum Gasteiger partial charge on any atom is -0.397 e. The summed E-state index contributed by atoms with van der Waals surface area (Å²) >= 11 is 0. The van der Waals surface area contributed by atoms with Gasteiger partial charge < -0.3 is 11.1 Å². The molecule has 2 aromatic rings. The van der Waals surface area contributed by atoms with Crippen LogP contribution in [0.25, 0.3) is 0 Å². The third-order valence-electron chi connectivity index (χ3n) is 2.88. The van der Waals surface area contributed by atoms with Gasteiger partial charge in [-0.1, -0.05) is 24.3 Å². The number of nitrogens with one attached hydrogen (secondary N) is 1. The van der Waals surface area contributed by atoms with Gasteiger partial charge in [-0.3, -0.25) is 0 Å². The topological polar surface area (TPSA) is 38.0 Å². The summed E-state index contributed by atoms with van der Waals surface area (Å²) in [5.41, 5.74) is 9.36. The zero-order chi connectivity index (χ0) is 13.0. The lowest BCUT2D eigenvalue weighted by atomic mass is 10.1. The van der Waals surface area contributed by atoms with Gasteiger partial charge in [-0.15, -0.1) is 0 Å². The van der Waals surface area contributed by atoms with Crippen LogP contribution in [0.3, 0.4) is 0 Å². The van der Waals surface area contributed by atoms with E-state index in [-0.39, 0.29) is 5.82 Å². The first kappa shape index (κ1) is 12.4. The highest BCUT2D eigenvalue weighted by Crippen LogP contribution is 2.19. The summed E-state index contributed by atoms with van der Waals surface area (Å²) in [6.45, 7) is 2.68. The Bertz CT molecular complexity index is 538. The number of benzene rings is 2. The largest absolute Gasteiger partial charge is 0.397 e. The van der Waals surface area contributed by atoms with Gasteiger partial charge in [-0.2, -0.15) is 0 Å². The molecule has 0 bridgehead atoms. The number of rotatable bonds is 4. The minimum absolute atomic E-state index is 0.156. The molecule has 0 amide bonds. The molecule has 0 unspecified atom stereocenters. The molecule has 0 aliphatic carbocycles. The summed E-state index contributed by atoms with van der Waals surface area (Å²) in [5, 5.41) is 3.24. The molecule has 2 nitrogen and oxygen atoms in total. The Hall–Kier alpha value is -2.03. The summed E-state index contributed by atoms with van der Waals surface area (Å²) in [6.07, 6.45) is 0.639. The van der Waals surface area contributed by atoms with E-state index in [4.69, 9.17) is 5.73 Å². The molecule has 0 spiro atoms. The minimum atomic E-state index is -0.156. The van der Waals surface area contributed by atoms with Crippen LogP contribution in [-0.4, -0.2) is 6.54 Å². The predicted molar refractivity (Wildman–Crippen MR) is 74.2 cm³/mol. The fourth-order valence-electron chi connectivity index (χ4n) is 1.86. The van der Waals surface area contributed by atoms with E-state index in [2.05, 4.69) is 5.32 Å². The Morgan fingerprint density at radius 3 is 2.72 bits per heavy atom. The lowest BCUT2D eigenvalue weighted by Gasteiger charge is -2.10. The van der Waals surface area contributed by atoms with Crippen molar-refractivity contribution in [2.24, 2.45) is 0 Å². The molecule has 0 aliphatic heterocycles. The van der Waals surface area contributed by atoms with E-state index >= 15 is 0 Å². The molecule has 3 heteroatoms. The van der Waals surface area contributed by atoms with E-state index in [0.29, 0.717) is 18.7 Å². The average molecular weight is 244 g/mol. The predicted octanol–water partition coefficient (Wildman–Crippen LogP) is 3.37. The Morgan fingerprint density at radius 1 is 1.17 bits per heavy atom. The van der Waals surface area contributed by atoms with Crippen molar-refractivity contribution < 1.29 is 4.39 Å². The van der Waals surface area contributed by atoms with Crippen LogP contribution in [0.2, 0.25) is 0 Å². The highest BCUT2D eigenvalue weighted by Gasteiger charge is 2.02. The molecule has 0 atom stereocenters. The maximum absolute atomic E-state index is 13.4. The highest BCUT2D eigenvalue weighted by atomic mass is 19.1. The number of halogens is 1. The molecular weight excluding hydrogens is 227 g/mol. The van der Waals surface area contributed by atoms with Crippen molar-refractivity contribution in [1.82, 2.24) is 0 Å². The van der Waals surface area contributed by atoms with E-state index in [1.807, 2.05) is 31.2 Å². The van der Waals surface area contributed by atoms with Crippen LogP contribution in [0, 0.1) is 12.7 Å². The second-order valence-electron chi connectivity index (χ2n) is 4.36. The Morgan fingerprint density at radius 2 is 1.94 bits per heavy atom. The van der Waals surface area contributed by atoms with E-state index in [9.17, 15) is 4.39 Å². The van der Waals surface area contributed by atoms with Crippen molar-refractivity contribution >= 4 is 11.4 Å². The monoisotopic (exact) mass is 244 g/mol. The molecule has 0 saturated carbocycles. The lowest BCUT2D eigenvalue weighted by Crippen LogP contribution is -2.08. The van der Waals surface area contributed by atoms with Gasteiger partial charge in [0.05, 0.1) is 11.4 Å². The first-order valence-corrected chi connectivity index (χ1v) is 6.00. The maximum atomic E-state index is 13.4. The number of nitrogens with two attached hydrogens (primary N) is 1. The highest BCUT2D eigenvalue weighted by molar-refractivity contribution is 5.66. The molecule has 0 fully saturated rings. The van der Waals surface area contributed by atoms with Gasteiger partial charge in [0.2, 0.25) is 0 Å². The summed E-state index contributed by atoms with van der Waals surface area (Å²) < 4.78 is 13.4. The molecule has 18 heavy (non-hydrogen) atoms. The van der Waals surface area contributed by atoms with Gasteiger partial charge in [0.15, 0.2) is 0 Å². The summed E-state index contributed by atoms with van der Waals surface area (Å²) in [5.74, 6) is -0.156. The summed E-state index contributed by atoms with van der Waals surface area (Å²) in [4.78, 5) is 0. The van der Waals surface area contributed by atoms with Crippen molar-refractivity contribution in [3.63, 3.8) is 0 Å². The molecule has 94 valence electrons. The molecule has 0 radical (unpaired) electrons. The number of anilines is 2. The molecule has 0 heterocycles. The number of hydrogen-bond donors (Lipinski definition) is 2. The van der Waals surface area contributed by atoms with Crippen LogP contribution in [0.5, 0.6) is 0 Å². The van der Waals surface area contributed by atoms with Crippen LogP contribution in [0.4, 0.5) is 15.8 Å². The molecule has 0 saturated heterocycles.